The Hall–Kier alpha value is -5.54. The topological polar surface area (TPSA) is 147 Å². The number of pyridine rings is 1. The van der Waals surface area contributed by atoms with Crippen molar-refractivity contribution in [1.82, 2.24) is 24.9 Å². The molecule has 0 saturated carbocycles. The third-order valence-corrected chi connectivity index (χ3v) is 6.00. The second-order valence-corrected chi connectivity index (χ2v) is 9.08. The lowest BCUT2D eigenvalue weighted by Gasteiger charge is -1.98. The lowest BCUT2D eigenvalue weighted by molar-refractivity contribution is 1.21. The molecule has 2 aliphatic rings. The van der Waals surface area contributed by atoms with Gasteiger partial charge in [0, 0.05) is 22.1 Å². The quantitative estimate of drug-likeness (QED) is 0.160. The van der Waals surface area contributed by atoms with E-state index in [0.29, 0.717) is 11.5 Å². The summed E-state index contributed by atoms with van der Waals surface area (Å²) in [5.74, 6) is 0.649. The Labute approximate surface area is 241 Å². The van der Waals surface area contributed by atoms with E-state index in [0.717, 1.165) is 50.5 Å². The van der Waals surface area contributed by atoms with Crippen LogP contribution in [0.1, 0.15) is 22.8 Å². The van der Waals surface area contributed by atoms with Gasteiger partial charge in [0.05, 0.1) is 28.5 Å². The maximum absolute atomic E-state index is 5.64. The van der Waals surface area contributed by atoms with Crippen LogP contribution in [0.5, 0.6) is 0 Å². The largest absolute Gasteiger partial charge is 0.384 e. The van der Waals surface area contributed by atoms with E-state index in [4.69, 9.17) is 11.5 Å². The van der Waals surface area contributed by atoms with Crippen molar-refractivity contribution >= 4 is 81.8 Å². The molecule has 9 nitrogen and oxygen atoms in total. The number of benzene rings is 1. The van der Waals surface area contributed by atoms with Crippen LogP contribution in [0.15, 0.2) is 101 Å². The predicted octanol–water partition coefficient (Wildman–Crippen LogP) is 7.74. The number of fused-ring (bicyclic) bond motifs is 8. The molecular formula is C31H26ClN9. The summed E-state index contributed by atoms with van der Waals surface area (Å²) >= 11 is 0. The molecule has 5 aromatic rings. The number of nitrogen functional groups attached to an aromatic ring is 2. The normalized spacial score (nSPS) is 11.6. The minimum atomic E-state index is 0. The number of aromatic nitrogens is 5. The van der Waals surface area contributed by atoms with Gasteiger partial charge in [-0.2, -0.15) is 5.11 Å². The summed E-state index contributed by atoms with van der Waals surface area (Å²) in [7, 11) is 0. The van der Waals surface area contributed by atoms with Crippen LogP contribution in [0, 0.1) is 0 Å². The number of nitrogens with two attached hydrogens (primary N) is 2. The zero-order chi connectivity index (χ0) is 27.3. The first-order valence-corrected chi connectivity index (χ1v) is 12.6. The highest BCUT2D eigenvalue weighted by molar-refractivity contribution is 5.85. The first-order valence-electron chi connectivity index (χ1n) is 12.6. The summed E-state index contributed by atoms with van der Waals surface area (Å²) in [6.45, 7) is 0. The van der Waals surface area contributed by atoms with Crippen LogP contribution in [0.4, 0.5) is 23.0 Å². The molecule has 0 unspecified atom stereocenters. The van der Waals surface area contributed by atoms with Gasteiger partial charge in [-0.15, -0.1) is 17.5 Å². The number of nitrogens with zero attached hydrogens (tertiary/aromatic N) is 5. The van der Waals surface area contributed by atoms with Crippen LogP contribution < -0.4 is 11.5 Å². The zero-order valence-electron chi connectivity index (χ0n) is 21.8. The maximum Gasteiger partial charge on any atom is 0.153 e. The molecule has 0 amide bonds. The van der Waals surface area contributed by atoms with Crippen LogP contribution in [0.3, 0.4) is 0 Å². The first-order chi connectivity index (χ1) is 19.6. The van der Waals surface area contributed by atoms with Gasteiger partial charge >= 0.3 is 0 Å². The standard InChI is InChI=1S/C20H14N4.C11H11N5.ClH/c1-2-14-10-16-5-6-18(23-16)12-20-8-7-19(24-20)11-17-4-3-15(22-17)9-13(1)21-14;12-10-7-6-9(11(13)14-10)16-15-8-4-2-1-3-5-8;/h1-12,21,24H;1-7H,(H4,12,13,14);1H/b;16-15+;. The van der Waals surface area contributed by atoms with Gasteiger partial charge in [-0.05, 0) is 97.1 Å². The molecule has 0 fully saturated rings. The fourth-order valence-corrected chi connectivity index (χ4v) is 4.12. The number of hydrogen-bond acceptors (Lipinski definition) is 7. The molecule has 8 bridgehead atoms. The van der Waals surface area contributed by atoms with Crippen LogP contribution in [-0.4, -0.2) is 24.9 Å². The van der Waals surface area contributed by atoms with Crippen molar-refractivity contribution in [2.45, 2.75) is 0 Å². The Bertz CT molecular complexity index is 1760. The van der Waals surface area contributed by atoms with E-state index in [-0.39, 0.29) is 18.2 Å². The molecule has 41 heavy (non-hydrogen) atoms. The minimum absolute atomic E-state index is 0. The van der Waals surface area contributed by atoms with Gasteiger partial charge in [0.25, 0.3) is 0 Å². The van der Waals surface area contributed by atoms with Crippen LogP contribution in [0.25, 0.3) is 46.4 Å². The average molecular weight is 560 g/mol. The lowest BCUT2D eigenvalue weighted by Crippen LogP contribution is -1.95. The van der Waals surface area contributed by atoms with Gasteiger partial charge in [-0.1, -0.05) is 18.2 Å². The number of hydrogen-bond donors (Lipinski definition) is 4. The fraction of sp³-hybridized carbons (Fsp3) is 0. The van der Waals surface area contributed by atoms with Crippen molar-refractivity contribution in [3.63, 3.8) is 0 Å². The van der Waals surface area contributed by atoms with Crippen molar-refractivity contribution in [3.05, 3.63) is 114 Å². The molecule has 4 aromatic heterocycles. The lowest BCUT2D eigenvalue weighted by atomic mass is 10.3. The number of aromatic amines is 2. The monoisotopic (exact) mass is 559 g/mol. The molecule has 10 heteroatoms. The number of azo groups is 1. The summed E-state index contributed by atoms with van der Waals surface area (Å²) in [5.41, 5.74) is 20.2. The molecule has 2 aliphatic heterocycles. The third kappa shape index (κ3) is 6.92. The number of halogens is 1. The summed E-state index contributed by atoms with van der Waals surface area (Å²) in [5, 5.41) is 8.03. The van der Waals surface area contributed by atoms with Crippen LogP contribution in [0.2, 0.25) is 0 Å². The number of H-pyrrole nitrogens is 2. The van der Waals surface area contributed by atoms with E-state index in [1.54, 1.807) is 12.1 Å². The summed E-state index contributed by atoms with van der Waals surface area (Å²) in [6.07, 6.45) is 8.09. The number of nitrogens with one attached hydrogen (secondary N) is 2. The van der Waals surface area contributed by atoms with Crippen LogP contribution in [-0.2, 0) is 0 Å². The Morgan fingerprint density at radius 2 is 0.976 bits per heavy atom. The highest BCUT2D eigenvalue weighted by atomic mass is 35.5. The van der Waals surface area contributed by atoms with E-state index in [1.807, 2.05) is 78.9 Å². The first kappa shape index (κ1) is 27.0. The SMILES string of the molecule is C1=Cc2cc3ccc(cc4nc(cc5ccc(cc1n2)[nH]5)C=C4)[nH]3.Cl.Nc1ccc(/N=N/c2ccccc2)c(N)n1. The molecule has 0 saturated heterocycles. The van der Waals surface area contributed by atoms with Crippen molar-refractivity contribution in [2.75, 3.05) is 11.5 Å². The van der Waals surface area contributed by atoms with Gasteiger partial charge in [0.2, 0.25) is 0 Å². The maximum atomic E-state index is 5.64. The molecular weight excluding hydrogens is 534 g/mol. The Balaban J connectivity index is 0.000000175. The Kier molecular flexibility index (Phi) is 7.98. The number of rotatable bonds is 2. The van der Waals surface area contributed by atoms with Gasteiger partial charge in [0.15, 0.2) is 5.82 Å². The Morgan fingerprint density at radius 3 is 1.41 bits per heavy atom. The van der Waals surface area contributed by atoms with Crippen molar-refractivity contribution in [1.29, 1.82) is 0 Å². The second kappa shape index (κ2) is 12.1. The molecule has 1 aromatic carbocycles. The van der Waals surface area contributed by atoms with E-state index >= 15 is 0 Å². The molecule has 0 aliphatic carbocycles. The van der Waals surface area contributed by atoms with Crippen molar-refractivity contribution in [3.8, 4) is 0 Å². The smallest absolute Gasteiger partial charge is 0.153 e. The average Bonchev–Trinajstić information content (AvgIpc) is 3.76. The van der Waals surface area contributed by atoms with Gasteiger partial charge in [-0.25, -0.2) is 15.0 Å². The molecule has 0 atom stereocenters. The highest BCUT2D eigenvalue weighted by Crippen LogP contribution is 2.23. The van der Waals surface area contributed by atoms with E-state index < -0.39 is 0 Å². The number of anilines is 2. The van der Waals surface area contributed by atoms with Gasteiger partial charge in [0.1, 0.15) is 11.5 Å². The highest BCUT2D eigenvalue weighted by Gasteiger charge is 2.01. The zero-order valence-corrected chi connectivity index (χ0v) is 22.6. The summed E-state index contributed by atoms with van der Waals surface area (Å²) in [6, 6.07) is 29.1. The van der Waals surface area contributed by atoms with Crippen molar-refractivity contribution < 1.29 is 0 Å². The van der Waals surface area contributed by atoms with Crippen molar-refractivity contribution in [2.24, 2.45) is 10.2 Å². The fourth-order valence-electron chi connectivity index (χ4n) is 4.12. The Morgan fingerprint density at radius 1 is 0.512 bits per heavy atom. The van der Waals surface area contributed by atoms with E-state index in [1.165, 1.54) is 0 Å². The summed E-state index contributed by atoms with van der Waals surface area (Å²) in [4.78, 5) is 19.9. The third-order valence-electron chi connectivity index (χ3n) is 6.00. The van der Waals surface area contributed by atoms with E-state index in [2.05, 4.69) is 59.4 Å². The molecule has 7 rings (SSSR count). The van der Waals surface area contributed by atoms with E-state index in [9.17, 15) is 0 Å². The molecule has 202 valence electrons. The van der Waals surface area contributed by atoms with Gasteiger partial charge < -0.3 is 21.4 Å². The summed E-state index contributed by atoms with van der Waals surface area (Å²) < 4.78 is 0. The van der Waals surface area contributed by atoms with Crippen LogP contribution >= 0.6 is 12.4 Å². The minimum Gasteiger partial charge on any atom is -0.384 e. The van der Waals surface area contributed by atoms with Gasteiger partial charge in [-0.3, -0.25) is 0 Å². The molecule has 0 spiro atoms. The predicted molar refractivity (Wildman–Crippen MR) is 170 cm³/mol. The molecule has 0 radical (unpaired) electrons. The molecule has 6 heterocycles. The second-order valence-electron chi connectivity index (χ2n) is 9.08. The molecule has 6 N–H and O–H groups in total.